The first-order valence-corrected chi connectivity index (χ1v) is 10.7. The third-order valence-corrected chi connectivity index (χ3v) is 6.13. The van der Waals surface area contributed by atoms with Crippen LogP contribution in [-0.2, 0) is 14.3 Å². The first kappa shape index (κ1) is 22.0. The molecule has 32 heavy (non-hydrogen) atoms. The average molecular weight is 439 g/mol. The van der Waals surface area contributed by atoms with Gasteiger partial charge in [-0.1, -0.05) is 37.3 Å². The van der Waals surface area contributed by atoms with Crippen molar-refractivity contribution in [3.63, 3.8) is 0 Å². The standard InChI is InChI=1S/C23H30N6O3/c1-12-17-15(11-16(31-4)21(12)32-5)25-22(26-17)20-18(13(2)28-29-20)27-23(30)19(24-3)14-9-7-6-8-10-14/h6-13,18-19,21,24,28H,1-5H3,(H,25,26)(H,27,30). The van der Waals surface area contributed by atoms with Gasteiger partial charge in [0.15, 0.2) is 5.82 Å². The van der Waals surface area contributed by atoms with Crippen LogP contribution in [0.15, 0.2) is 41.2 Å². The van der Waals surface area contributed by atoms with Gasteiger partial charge in [0, 0.05) is 24.8 Å². The van der Waals surface area contributed by atoms with Crippen LogP contribution < -0.4 is 16.1 Å². The second-order valence-electron chi connectivity index (χ2n) is 8.11. The van der Waals surface area contributed by atoms with E-state index >= 15 is 0 Å². The Morgan fingerprint density at radius 3 is 2.59 bits per heavy atom. The molecule has 0 fully saturated rings. The Morgan fingerprint density at radius 2 is 1.94 bits per heavy atom. The van der Waals surface area contributed by atoms with Crippen molar-refractivity contribution in [1.29, 1.82) is 0 Å². The number of nitrogens with zero attached hydrogens (tertiary/aromatic N) is 2. The van der Waals surface area contributed by atoms with Gasteiger partial charge < -0.3 is 30.5 Å². The molecule has 5 unspecified atom stereocenters. The van der Waals surface area contributed by atoms with Crippen molar-refractivity contribution >= 4 is 17.7 Å². The molecule has 0 spiro atoms. The summed E-state index contributed by atoms with van der Waals surface area (Å²) in [5, 5.41) is 10.7. The van der Waals surface area contributed by atoms with Crippen LogP contribution in [0, 0.1) is 0 Å². The summed E-state index contributed by atoms with van der Waals surface area (Å²) in [4.78, 5) is 21.3. The van der Waals surface area contributed by atoms with E-state index in [2.05, 4.69) is 33.1 Å². The van der Waals surface area contributed by atoms with Gasteiger partial charge >= 0.3 is 0 Å². The zero-order chi connectivity index (χ0) is 22.8. The lowest BCUT2D eigenvalue weighted by Crippen LogP contribution is -2.50. The minimum Gasteiger partial charge on any atom is -0.498 e. The summed E-state index contributed by atoms with van der Waals surface area (Å²) in [5.41, 5.74) is 6.39. The molecule has 5 atom stereocenters. The summed E-state index contributed by atoms with van der Waals surface area (Å²) >= 11 is 0. The Kier molecular flexibility index (Phi) is 6.29. The highest BCUT2D eigenvalue weighted by molar-refractivity contribution is 6.05. The maximum Gasteiger partial charge on any atom is 0.242 e. The van der Waals surface area contributed by atoms with Gasteiger partial charge in [-0.2, -0.15) is 5.10 Å². The van der Waals surface area contributed by atoms with Gasteiger partial charge in [-0.25, -0.2) is 4.98 Å². The fourth-order valence-electron chi connectivity index (χ4n) is 4.37. The monoisotopic (exact) mass is 438 g/mol. The fraction of sp³-hybridized carbons (Fsp3) is 0.435. The number of carbonyl (C=O) groups excluding carboxylic acids is 1. The van der Waals surface area contributed by atoms with E-state index in [4.69, 9.17) is 14.5 Å². The first-order valence-electron chi connectivity index (χ1n) is 10.7. The van der Waals surface area contributed by atoms with Gasteiger partial charge in [0.2, 0.25) is 5.91 Å². The molecule has 0 saturated carbocycles. The predicted molar refractivity (Wildman–Crippen MR) is 122 cm³/mol. The lowest BCUT2D eigenvalue weighted by Gasteiger charge is -2.27. The Morgan fingerprint density at radius 1 is 1.19 bits per heavy atom. The van der Waals surface area contributed by atoms with Crippen LogP contribution >= 0.6 is 0 Å². The molecule has 9 heteroatoms. The molecule has 0 saturated heterocycles. The number of carbonyl (C=O) groups is 1. The van der Waals surface area contributed by atoms with Crippen molar-refractivity contribution < 1.29 is 14.3 Å². The number of hydrogen-bond acceptors (Lipinski definition) is 7. The molecule has 0 radical (unpaired) electrons. The number of nitrogens with one attached hydrogen (secondary N) is 4. The molecule has 1 aliphatic heterocycles. The Labute approximate surface area is 187 Å². The van der Waals surface area contributed by atoms with E-state index in [-0.39, 0.29) is 30.0 Å². The molecule has 1 aromatic heterocycles. The van der Waals surface area contributed by atoms with E-state index in [9.17, 15) is 4.79 Å². The van der Waals surface area contributed by atoms with Crippen molar-refractivity contribution in [2.24, 2.45) is 5.10 Å². The van der Waals surface area contributed by atoms with Gasteiger partial charge in [-0.15, -0.1) is 0 Å². The van der Waals surface area contributed by atoms with Crippen LogP contribution in [0.2, 0.25) is 0 Å². The molecule has 4 rings (SSSR count). The number of fused-ring (bicyclic) bond motifs is 1. The highest BCUT2D eigenvalue weighted by atomic mass is 16.5. The maximum absolute atomic E-state index is 13.1. The van der Waals surface area contributed by atoms with E-state index in [0.717, 1.165) is 22.7 Å². The average Bonchev–Trinajstić information content (AvgIpc) is 3.38. The van der Waals surface area contributed by atoms with Crippen molar-refractivity contribution in [2.45, 2.75) is 44.0 Å². The van der Waals surface area contributed by atoms with Crippen molar-refractivity contribution in [3.8, 4) is 0 Å². The van der Waals surface area contributed by atoms with Crippen molar-refractivity contribution in [3.05, 3.63) is 58.9 Å². The van der Waals surface area contributed by atoms with E-state index < -0.39 is 6.04 Å². The molecule has 4 N–H and O–H groups in total. The number of hydrazone groups is 1. The number of benzene rings is 1. The number of likely N-dealkylation sites (N-methyl/N-ethyl adjacent to an activating group) is 1. The number of rotatable bonds is 7. The van der Waals surface area contributed by atoms with E-state index in [1.807, 2.05) is 43.3 Å². The summed E-state index contributed by atoms with van der Waals surface area (Å²) in [5.74, 6) is 1.25. The van der Waals surface area contributed by atoms with Crippen LogP contribution in [0.25, 0.3) is 6.08 Å². The van der Waals surface area contributed by atoms with E-state index in [1.165, 1.54) is 0 Å². The number of methoxy groups -OCH3 is 2. The number of aromatic amines is 1. The molecule has 170 valence electrons. The third kappa shape index (κ3) is 3.89. The quantitative estimate of drug-likeness (QED) is 0.523. The van der Waals surface area contributed by atoms with Crippen LogP contribution in [0.1, 0.15) is 48.6 Å². The van der Waals surface area contributed by atoms with Gasteiger partial charge in [-0.05, 0) is 19.5 Å². The number of aromatic nitrogens is 2. The van der Waals surface area contributed by atoms with Gasteiger partial charge in [-0.3, -0.25) is 4.79 Å². The molecule has 1 aromatic carbocycles. The second-order valence-corrected chi connectivity index (χ2v) is 8.11. The molecular formula is C23H30N6O3. The highest BCUT2D eigenvalue weighted by Crippen LogP contribution is 2.34. The number of imidazole rings is 1. The summed E-state index contributed by atoms with van der Waals surface area (Å²) in [7, 11) is 5.07. The predicted octanol–water partition coefficient (Wildman–Crippen LogP) is 1.67. The summed E-state index contributed by atoms with van der Waals surface area (Å²) in [6, 6.07) is 8.74. The zero-order valence-corrected chi connectivity index (χ0v) is 19.0. The fourth-order valence-corrected chi connectivity index (χ4v) is 4.37. The van der Waals surface area contributed by atoms with E-state index in [0.29, 0.717) is 11.5 Å². The number of H-pyrrole nitrogens is 1. The molecular weight excluding hydrogens is 408 g/mol. The molecule has 1 amide bonds. The van der Waals surface area contributed by atoms with Crippen molar-refractivity contribution in [1.82, 2.24) is 26.0 Å². The Bertz CT molecular complexity index is 1030. The molecule has 1 aliphatic carbocycles. The molecule has 0 bridgehead atoms. The summed E-state index contributed by atoms with van der Waals surface area (Å²) < 4.78 is 11.1. The van der Waals surface area contributed by atoms with Crippen LogP contribution in [0.3, 0.4) is 0 Å². The van der Waals surface area contributed by atoms with Crippen LogP contribution in [0.4, 0.5) is 0 Å². The number of hydrogen-bond donors (Lipinski definition) is 4. The van der Waals surface area contributed by atoms with Crippen LogP contribution in [-0.4, -0.2) is 61.0 Å². The lowest BCUT2D eigenvalue weighted by atomic mass is 9.92. The maximum atomic E-state index is 13.1. The minimum absolute atomic E-state index is 0.0309. The van der Waals surface area contributed by atoms with Crippen molar-refractivity contribution in [2.75, 3.05) is 21.3 Å². The molecule has 2 aliphatic rings. The van der Waals surface area contributed by atoms with Crippen LogP contribution in [0.5, 0.6) is 0 Å². The normalized spacial score (nSPS) is 25.3. The largest absolute Gasteiger partial charge is 0.498 e. The Balaban J connectivity index is 1.59. The minimum atomic E-state index is -0.468. The first-order chi connectivity index (χ1) is 15.5. The zero-order valence-electron chi connectivity index (χ0n) is 19.0. The van der Waals surface area contributed by atoms with E-state index in [1.54, 1.807) is 21.3 Å². The topological polar surface area (TPSA) is 113 Å². The highest BCUT2D eigenvalue weighted by Gasteiger charge is 2.37. The number of amides is 1. The third-order valence-electron chi connectivity index (χ3n) is 6.13. The SMILES string of the molecule is CNC(C(=O)NC1C(c2nc3c([nH]2)C(C)C(OC)C(OC)=C3)=NNC1C)c1ccccc1. The van der Waals surface area contributed by atoms with Gasteiger partial charge in [0.1, 0.15) is 23.6 Å². The molecule has 2 heterocycles. The smallest absolute Gasteiger partial charge is 0.242 e. The summed E-state index contributed by atoms with van der Waals surface area (Å²) in [6.07, 6.45) is 1.69. The second kappa shape index (κ2) is 9.13. The Hall–Kier alpha value is -3.17. The van der Waals surface area contributed by atoms with Gasteiger partial charge in [0.25, 0.3) is 0 Å². The summed E-state index contributed by atoms with van der Waals surface area (Å²) in [6.45, 7) is 4.04. The van der Waals surface area contributed by atoms with Gasteiger partial charge in [0.05, 0.1) is 24.9 Å². The molecule has 2 aromatic rings. The lowest BCUT2D eigenvalue weighted by molar-refractivity contribution is -0.123. The molecule has 9 nitrogen and oxygen atoms in total. The number of ether oxygens (including phenoxy) is 2.